The van der Waals surface area contributed by atoms with Crippen molar-refractivity contribution in [2.45, 2.75) is 6.92 Å². The molecule has 1 radical (unpaired) electrons. The van der Waals surface area contributed by atoms with E-state index in [0.717, 1.165) is 21.2 Å². The fraction of sp³-hybridized carbons (Fsp3) is 0.0667. The van der Waals surface area contributed by atoms with Gasteiger partial charge in [0, 0.05) is 10.7 Å². The standard InChI is InChI=1S/C15H12BrFN/c1-10-6-7-15(18-9-10)14(17)8-12-4-3-5-13(16)11(12)2/h3-9H,1H2,2H3. The number of halogens is 2. The molecule has 1 heterocycles. The molecule has 1 nitrogen and oxygen atoms in total. The maximum absolute atomic E-state index is 14.0. The highest BCUT2D eigenvalue weighted by Crippen LogP contribution is 2.24. The van der Waals surface area contributed by atoms with Gasteiger partial charge in [0.05, 0.1) is 5.69 Å². The van der Waals surface area contributed by atoms with Crippen molar-refractivity contribution in [3.8, 4) is 0 Å². The second-order valence-electron chi connectivity index (χ2n) is 4.00. The van der Waals surface area contributed by atoms with Crippen molar-refractivity contribution < 1.29 is 4.39 Å². The Hall–Kier alpha value is -1.48. The SMILES string of the molecule is [CH2]c1ccc(C(F)=Cc2cccc(Br)c2C)nc1. The molecule has 1 aromatic heterocycles. The van der Waals surface area contributed by atoms with E-state index in [1.165, 1.54) is 6.08 Å². The molecule has 0 aliphatic carbocycles. The second kappa shape index (κ2) is 5.44. The maximum atomic E-state index is 14.0. The van der Waals surface area contributed by atoms with Gasteiger partial charge in [0.15, 0.2) is 0 Å². The van der Waals surface area contributed by atoms with Gasteiger partial charge in [-0.1, -0.05) is 34.1 Å². The van der Waals surface area contributed by atoms with Crippen LogP contribution in [0.4, 0.5) is 4.39 Å². The fourth-order valence-corrected chi connectivity index (χ4v) is 1.94. The molecule has 0 spiro atoms. The second-order valence-corrected chi connectivity index (χ2v) is 4.85. The summed E-state index contributed by atoms with van der Waals surface area (Å²) in [7, 11) is 0. The van der Waals surface area contributed by atoms with Gasteiger partial charge < -0.3 is 0 Å². The molecule has 0 amide bonds. The molecule has 0 bridgehead atoms. The molecule has 1 aromatic carbocycles. The number of hydrogen-bond donors (Lipinski definition) is 0. The molecule has 0 N–H and O–H groups in total. The molecule has 2 rings (SSSR count). The van der Waals surface area contributed by atoms with Gasteiger partial charge in [-0.2, -0.15) is 0 Å². The minimum absolute atomic E-state index is 0.321. The van der Waals surface area contributed by atoms with Crippen LogP contribution in [0.15, 0.2) is 41.0 Å². The van der Waals surface area contributed by atoms with Gasteiger partial charge in [-0.05, 0) is 48.7 Å². The number of pyridine rings is 1. The summed E-state index contributed by atoms with van der Waals surface area (Å²) in [5.74, 6) is -0.351. The third-order valence-corrected chi connectivity index (χ3v) is 3.52. The average molecular weight is 305 g/mol. The molecule has 2 aromatic rings. The van der Waals surface area contributed by atoms with Crippen LogP contribution in [0.25, 0.3) is 11.9 Å². The Morgan fingerprint density at radius 1 is 1.33 bits per heavy atom. The summed E-state index contributed by atoms with van der Waals surface area (Å²) in [6.45, 7) is 5.66. The lowest BCUT2D eigenvalue weighted by Gasteiger charge is -2.03. The van der Waals surface area contributed by atoms with Gasteiger partial charge in [-0.25, -0.2) is 4.39 Å². The summed E-state index contributed by atoms with van der Waals surface area (Å²) in [4.78, 5) is 4.01. The van der Waals surface area contributed by atoms with Crippen molar-refractivity contribution in [3.63, 3.8) is 0 Å². The molecule has 0 aliphatic rings. The van der Waals surface area contributed by atoms with Crippen LogP contribution in [-0.2, 0) is 0 Å². The number of benzene rings is 1. The molecule has 0 aliphatic heterocycles. The van der Waals surface area contributed by atoms with Crippen LogP contribution in [0, 0.1) is 13.8 Å². The molecule has 0 unspecified atom stereocenters. The number of hydrogen-bond acceptors (Lipinski definition) is 1. The van der Waals surface area contributed by atoms with E-state index >= 15 is 0 Å². The Bertz CT molecular complexity index is 588. The van der Waals surface area contributed by atoms with Crippen molar-refractivity contribution in [2.75, 3.05) is 0 Å². The molecule has 0 atom stereocenters. The number of rotatable bonds is 2. The molecule has 0 saturated heterocycles. The van der Waals surface area contributed by atoms with E-state index in [9.17, 15) is 4.39 Å². The minimum atomic E-state index is -0.351. The summed E-state index contributed by atoms with van der Waals surface area (Å²) in [6, 6.07) is 9.05. The Balaban J connectivity index is 2.38. The first-order valence-electron chi connectivity index (χ1n) is 5.48. The Kier molecular flexibility index (Phi) is 3.92. The van der Waals surface area contributed by atoms with E-state index in [1.54, 1.807) is 18.3 Å². The normalized spacial score (nSPS) is 11.7. The predicted molar refractivity (Wildman–Crippen MR) is 76.6 cm³/mol. The van der Waals surface area contributed by atoms with Gasteiger partial charge >= 0.3 is 0 Å². The maximum Gasteiger partial charge on any atom is 0.149 e. The summed E-state index contributed by atoms with van der Waals surface area (Å²) < 4.78 is 15.0. The van der Waals surface area contributed by atoms with Crippen LogP contribution < -0.4 is 0 Å². The quantitative estimate of drug-likeness (QED) is 0.776. The van der Waals surface area contributed by atoms with Gasteiger partial charge in [0.25, 0.3) is 0 Å². The largest absolute Gasteiger partial charge is 0.254 e. The van der Waals surface area contributed by atoms with Crippen LogP contribution in [0.3, 0.4) is 0 Å². The van der Waals surface area contributed by atoms with Crippen LogP contribution in [0.1, 0.15) is 22.4 Å². The van der Waals surface area contributed by atoms with Crippen molar-refractivity contribution in [1.82, 2.24) is 4.98 Å². The van der Waals surface area contributed by atoms with E-state index in [2.05, 4.69) is 27.8 Å². The van der Waals surface area contributed by atoms with Crippen LogP contribution in [-0.4, -0.2) is 4.98 Å². The van der Waals surface area contributed by atoms with Crippen LogP contribution in [0.5, 0.6) is 0 Å². The first kappa shape index (κ1) is 13.0. The van der Waals surface area contributed by atoms with Crippen molar-refractivity contribution in [3.05, 3.63) is 70.3 Å². The van der Waals surface area contributed by atoms with Crippen molar-refractivity contribution in [1.29, 1.82) is 0 Å². The van der Waals surface area contributed by atoms with E-state index in [0.29, 0.717) is 5.69 Å². The molecular weight excluding hydrogens is 293 g/mol. The van der Waals surface area contributed by atoms with Gasteiger partial charge in [0.1, 0.15) is 5.83 Å². The van der Waals surface area contributed by atoms with Crippen molar-refractivity contribution >= 4 is 27.8 Å². The van der Waals surface area contributed by atoms with Gasteiger partial charge in [-0.15, -0.1) is 0 Å². The Morgan fingerprint density at radius 2 is 2.11 bits per heavy atom. The third-order valence-electron chi connectivity index (χ3n) is 2.66. The van der Waals surface area contributed by atoms with E-state index in [-0.39, 0.29) is 5.83 Å². The predicted octanol–water partition coefficient (Wildman–Crippen LogP) is 4.80. The summed E-state index contributed by atoms with van der Waals surface area (Å²) >= 11 is 3.43. The Morgan fingerprint density at radius 3 is 2.78 bits per heavy atom. The molecule has 0 saturated carbocycles. The summed E-state index contributed by atoms with van der Waals surface area (Å²) in [6.07, 6.45) is 3.04. The van der Waals surface area contributed by atoms with Crippen molar-refractivity contribution in [2.24, 2.45) is 0 Å². The third kappa shape index (κ3) is 2.85. The number of aromatic nitrogens is 1. The van der Waals surface area contributed by atoms with Gasteiger partial charge in [0.2, 0.25) is 0 Å². The molecule has 18 heavy (non-hydrogen) atoms. The van der Waals surface area contributed by atoms with E-state index < -0.39 is 0 Å². The van der Waals surface area contributed by atoms with Crippen LogP contribution >= 0.6 is 15.9 Å². The smallest absolute Gasteiger partial charge is 0.149 e. The summed E-state index contributed by atoms with van der Waals surface area (Å²) in [5, 5.41) is 0. The highest BCUT2D eigenvalue weighted by atomic mass is 79.9. The lowest BCUT2D eigenvalue weighted by molar-refractivity contribution is 0.757. The highest BCUT2D eigenvalue weighted by Gasteiger charge is 2.04. The average Bonchev–Trinajstić information content (AvgIpc) is 2.36. The first-order valence-corrected chi connectivity index (χ1v) is 6.28. The van der Waals surface area contributed by atoms with Crippen LogP contribution in [0.2, 0.25) is 0 Å². The molecular formula is C15H12BrFN. The zero-order valence-electron chi connectivity index (χ0n) is 9.95. The molecule has 0 fully saturated rings. The lowest BCUT2D eigenvalue weighted by Crippen LogP contribution is -1.87. The molecule has 91 valence electrons. The fourth-order valence-electron chi connectivity index (χ4n) is 1.56. The van der Waals surface area contributed by atoms with E-state index in [4.69, 9.17) is 0 Å². The summed E-state index contributed by atoms with van der Waals surface area (Å²) in [5.41, 5.74) is 2.93. The van der Waals surface area contributed by atoms with E-state index in [1.807, 2.05) is 25.1 Å². The number of nitrogens with zero attached hydrogens (tertiary/aromatic N) is 1. The molecule has 3 heteroatoms. The zero-order chi connectivity index (χ0) is 13.1. The Labute approximate surface area is 115 Å². The minimum Gasteiger partial charge on any atom is -0.254 e. The monoisotopic (exact) mass is 304 g/mol. The first-order chi connectivity index (χ1) is 8.58. The van der Waals surface area contributed by atoms with Gasteiger partial charge in [-0.3, -0.25) is 4.98 Å². The lowest BCUT2D eigenvalue weighted by atomic mass is 10.1. The zero-order valence-corrected chi connectivity index (χ0v) is 11.5. The highest BCUT2D eigenvalue weighted by molar-refractivity contribution is 9.10. The topological polar surface area (TPSA) is 12.9 Å².